The van der Waals surface area contributed by atoms with E-state index in [0.29, 0.717) is 43.8 Å². The van der Waals surface area contributed by atoms with E-state index in [1.165, 1.54) is 13.2 Å². The number of fused-ring (bicyclic) bond motifs is 1. The summed E-state index contributed by atoms with van der Waals surface area (Å²) in [4.78, 5) is 25.3. The molecule has 1 aliphatic rings. The highest BCUT2D eigenvalue weighted by Gasteiger charge is 2.30. The fourth-order valence-corrected chi connectivity index (χ4v) is 3.68. The van der Waals surface area contributed by atoms with Crippen LogP contribution in [0.2, 0.25) is 10.0 Å². The van der Waals surface area contributed by atoms with Crippen LogP contribution < -0.4 is 14.2 Å². The molecule has 0 aromatic heterocycles. The lowest BCUT2D eigenvalue weighted by molar-refractivity contribution is 0.0734. The van der Waals surface area contributed by atoms with Gasteiger partial charge in [0.15, 0.2) is 5.76 Å². The number of benzene rings is 3. The second-order valence-electron chi connectivity index (χ2n) is 6.84. The summed E-state index contributed by atoms with van der Waals surface area (Å²) in [5, 5.41) is 0.893. The zero-order valence-corrected chi connectivity index (χ0v) is 18.1. The summed E-state index contributed by atoms with van der Waals surface area (Å²) in [6, 6.07) is 14.7. The Labute approximate surface area is 188 Å². The second kappa shape index (κ2) is 8.46. The average Bonchev–Trinajstić information content (AvgIpc) is 3.05. The van der Waals surface area contributed by atoms with E-state index in [2.05, 4.69) is 0 Å². The monoisotopic (exact) mass is 454 g/mol. The molecule has 0 fully saturated rings. The molecule has 0 unspecified atom stereocenters. The van der Waals surface area contributed by atoms with Crippen molar-refractivity contribution in [3.8, 4) is 17.2 Å². The maximum atomic E-state index is 12.8. The first kappa shape index (κ1) is 21.0. The van der Waals surface area contributed by atoms with Crippen molar-refractivity contribution >= 4 is 41.0 Å². The van der Waals surface area contributed by atoms with Crippen LogP contribution in [0.3, 0.4) is 0 Å². The third-order valence-corrected chi connectivity index (χ3v) is 5.27. The Morgan fingerprint density at radius 1 is 1.03 bits per heavy atom. The number of hydrogen-bond donors (Lipinski definition) is 0. The lowest BCUT2D eigenvalue weighted by Crippen LogP contribution is -2.09. The number of esters is 1. The van der Waals surface area contributed by atoms with Crippen molar-refractivity contribution in [3.05, 3.63) is 92.7 Å². The summed E-state index contributed by atoms with van der Waals surface area (Å²) >= 11 is 12.1. The van der Waals surface area contributed by atoms with Gasteiger partial charge in [0.2, 0.25) is 5.78 Å². The zero-order chi connectivity index (χ0) is 22.1. The summed E-state index contributed by atoms with van der Waals surface area (Å²) in [7, 11) is 1.52. The van der Waals surface area contributed by atoms with Gasteiger partial charge < -0.3 is 14.2 Å². The minimum Gasteiger partial charge on any atom is -0.497 e. The fraction of sp³-hybridized carbons (Fsp3) is 0.0833. The van der Waals surface area contributed by atoms with E-state index in [4.69, 9.17) is 37.4 Å². The predicted molar refractivity (Wildman–Crippen MR) is 119 cm³/mol. The molecule has 3 aromatic rings. The van der Waals surface area contributed by atoms with Gasteiger partial charge in [-0.3, -0.25) is 4.79 Å². The van der Waals surface area contributed by atoms with E-state index < -0.39 is 5.97 Å². The first-order chi connectivity index (χ1) is 14.9. The van der Waals surface area contributed by atoms with Gasteiger partial charge >= 0.3 is 5.97 Å². The number of hydrogen-bond acceptors (Lipinski definition) is 5. The number of rotatable bonds is 4. The molecular weight excluding hydrogens is 439 g/mol. The molecule has 0 amide bonds. The van der Waals surface area contributed by atoms with Crippen molar-refractivity contribution in [2.45, 2.75) is 6.92 Å². The summed E-state index contributed by atoms with van der Waals surface area (Å²) in [5.41, 5.74) is 1.98. The molecule has 1 aliphatic heterocycles. The number of methoxy groups -OCH3 is 1. The molecule has 0 radical (unpaired) electrons. The number of ether oxygens (including phenoxy) is 3. The molecule has 0 saturated carbocycles. The topological polar surface area (TPSA) is 61.8 Å². The van der Waals surface area contributed by atoms with Crippen LogP contribution in [0.15, 0.2) is 60.4 Å². The van der Waals surface area contributed by atoms with Gasteiger partial charge in [0.1, 0.15) is 17.2 Å². The Balaban J connectivity index is 1.61. The van der Waals surface area contributed by atoms with Crippen molar-refractivity contribution in [2.75, 3.05) is 7.11 Å². The van der Waals surface area contributed by atoms with Gasteiger partial charge in [-0.2, -0.15) is 0 Å². The number of allylic oxidation sites excluding steroid dienone is 1. The minimum absolute atomic E-state index is 0.124. The number of aryl methyl sites for hydroxylation is 1. The van der Waals surface area contributed by atoms with Crippen LogP contribution in [-0.4, -0.2) is 18.9 Å². The molecular formula is C24H16Cl2O5. The van der Waals surface area contributed by atoms with E-state index >= 15 is 0 Å². The van der Waals surface area contributed by atoms with E-state index in [1.807, 2.05) is 0 Å². The normalized spacial score (nSPS) is 13.7. The van der Waals surface area contributed by atoms with E-state index in [-0.39, 0.29) is 17.3 Å². The number of carbonyl (C=O) groups excluding carboxylic acids is 2. The Kier molecular flexibility index (Phi) is 5.72. The van der Waals surface area contributed by atoms with Crippen molar-refractivity contribution in [2.24, 2.45) is 0 Å². The van der Waals surface area contributed by atoms with Crippen LogP contribution in [-0.2, 0) is 0 Å². The number of halogens is 2. The van der Waals surface area contributed by atoms with Gasteiger partial charge in [-0.25, -0.2) is 4.79 Å². The highest BCUT2D eigenvalue weighted by molar-refractivity contribution is 6.35. The van der Waals surface area contributed by atoms with Crippen LogP contribution in [0.4, 0.5) is 0 Å². The maximum absolute atomic E-state index is 12.8. The van der Waals surface area contributed by atoms with Crippen molar-refractivity contribution in [1.82, 2.24) is 0 Å². The molecule has 0 atom stereocenters. The average molecular weight is 455 g/mol. The first-order valence-corrected chi connectivity index (χ1v) is 10.0. The Morgan fingerprint density at radius 2 is 1.84 bits per heavy atom. The Morgan fingerprint density at radius 3 is 2.58 bits per heavy atom. The van der Waals surface area contributed by atoms with Gasteiger partial charge in [-0.15, -0.1) is 0 Å². The third-order valence-electron chi connectivity index (χ3n) is 4.71. The summed E-state index contributed by atoms with van der Waals surface area (Å²) in [6.07, 6.45) is 1.56. The fourth-order valence-electron chi connectivity index (χ4n) is 3.21. The molecule has 0 spiro atoms. The Bertz CT molecular complexity index is 1250. The molecule has 31 heavy (non-hydrogen) atoms. The molecule has 0 N–H and O–H groups in total. The number of carbonyl (C=O) groups is 2. The molecule has 3 aromatic carbocycles. The van der Waals surface area contributed by atoms with Crippen molar-refractivity contribution in [3.63, 3.8) is 0 Å². The zero-order valence-electron chi connectivity index (χ0n) is 16.6. The number of ketones is 1. The molecule has 0 bridgehead atoms. The van der Waals surface area contributed by atoms with E-state index in [1.54, 1.807) is 61.5 Å². The van der Waals surface area contributed by atoms with Gasteiger partial charge in [0.25, 0.3) is 0 Å². The lowest BCUT2D eigenvalue weighted by Gasteiger charge is -2.08. The van der Waals surface area contributed by atoms with E-state index in [0.717, 1.165) is 0 Å². The summed E-state index contributed by atoms with van der Waals surface area (Å²) in [6.45, 7) is 1.75. The lowest BCUT2D eigenvalue weighted by atomic mass is 10.0. The standard InChI is InChI=1S/C24H16Cl2O5/c1-13-8-18(30-24(28)15-4-3-5-17(9-15)29-2)12-20-22(13)23(27)21(31-20)10-14-6-7-16(25)11-19(14)26/h3-12H,1-2H3/b21-10-. The highest BCUT2D eigenvalue weighted by atomic mass is 35.5. The third kappa shape index (κ3) is 4.29. The van der Waals surface area contributed by atoms with Crippen LogP contribution >= 0.6 is 23.2 Å². The molecule has 7 heteroatoms. The minimum atomic E-state index is -0.550. The molecule has 0 saturated heterocycles. The van der Waals surface area contributed by atoms with Crippen molar-refractivity contribution in [1.29, 1.82) is 0 Å². The molecule has 5 nitrogen and oxygen atoms in total. The van der Waals surface area contributed by atoms with Crippen LogP contribution in [0.1, 0.15) is 31.8 Å². The highest BCUT2D eigenvalue weighted by Crippen LogP contribution is 2.38. The van der Waals surface area contributed by atoms with Gasteiger partial charge in [0.05, 0.1) is 18.2 Å². The molecule has 0 aliphatic carbocycles. The van der Waals surface area contributed by atoms with Gasteiger partial charge in [-0.05, 0) is 60.5 Å². The largest absolute Gasteiger partial charge is 0.497 e. The molecule has 4 rings (SSSR count). The molecule has 1 heterocycles. The van der Waals surface area contributed by atoms with E-state index in [9.17, 15) is 9.59 Å². The maximum Gasteiger partial charge on any atom is 0.343 e. The Hall–Kier alpha value is -3.28. The SMILES string of the molecule is COc1cccc(C(=O)Oc2cc(C)c3c(c2)O/C(=C\c2ccc(Cl)cc2Cl)C3=O)c1. The molecule has 156 valence electrons. The quantitative estimate of drug-likeness (QED) is 0.269. The first-order valence-electron chi connectivity index (χ1n) is 9.26. The van der Waals surface area contributed by atoms with Crippen molar-refractivity contribution < 1.29 is 23.8 Å². The second-order valence-corrected chi connectivity index (χ2v) is 7.68. The van der Waals surface area contributed by atoms with Gasteiger partial charge in [0, 0.05) is 16.1 Å². The summed E-state index contributed by atoms with van der Waals surface area (Å²) < 4.78 is 16.4. The van der Waals surface area contributed by atoms with Crippen LogP contribution in [0.25, 0.3) is 6.08 Å². The van der Waals surface area contributed by atoms with Crippen LogP contribution in [0, 0.1) is 6.92 Å². The van der Waals surface area contributed by atoms with Crippen LogP contribution in [0.5, 0.6) is 17.2 Å². The van der Waals surface area contributed by atoms with Gasteiger partial charge in [-0.1, -0.05) is 35.3 Å². The number of Topliss-reactive ketones (excluding diaryl/α,β-unsaturated/α-hetero) is 1. The predicted octanol–water partition coefficient (Wildman–Crippen LogP) is 6.15. The smallest absolute Gasteiger partial charge is 0.343 e. The summed E-state index contributed by atoms with van der Waals surface area (Å²) in [5.74, 6) is 0.427.